The van der Waals surface area contributed by atoms with Gasteiger partial charge in [0.05, 0.1) is 12.2 Å². The average Bonchev–Trinajstić information content (AvgIpc) is 2.63. The van der Waals surface area contributed by atoms with Gasteiger partial charge in [0.15, 0.2) is 0 Å². The molecule has 0 saturated carbocycles. The third-order valence-electron chi connectivity index (χ3n) is 4.05. The summed E-state index contributed by atoms with van der Waals surface area (Å²) in [5, 5.41) is 9.60. The van der Waals surface area contributed by atoms with E-state index < -0.39 is 11.7 Å². The Balaban J connectivity index is 1.92. The number of benzene rings is 2. The maximum Gasteiger partial charge on any atom is 0.416 e. The molecule has 2 aromatic carbocycles. The zero-order chi connectivity index (χ0) is 19.9. The third kappa shape index (κ3) is 6.99. The van der Waals surface area contributed by atoms with Crippen molar-refractivity contribution in [2.45, 2.75) is 24.4 Å². The standard InChI is InChI=1S/C20H23F3O3S/c1-14-11-18(7-8-19(14)24)27-13-15(9-10-25-2)12-26-17-5-3-16(4-6-17)20(21,22)23/h3-8,11,15,24H,9-10,12-13H2,1-2H3. The first-order chi connectivity index (χ1) is 12.8. The second-order valence-electron chi connectivity index (χ2n) is 6.24. The highest BCUT2D eigenvalue weighted by Crippen LogP contribution is 2.31. The van der Waals surface area contributed by atoms with Crippen molar-refractivity contribution in [2.24, 2.45) is 5.92 Å². The van der Waals surface area contributed by atoms with Gasteiger partial charge in [-0.1, -0.05) is 0 Å². The molecule has 0 aromatic heterocycles. The van der Waals surface area contributed by atoms with Crippen LogP contribution >= 0.6 is 11.8 Å². The van der Waals surface area contributed by atoms with Gasteiger partial charge in [0.25, 0.3) is 0 Å². The average molecular weight is 400 g/mol. The van der Waals surface area contributed by atoms with E-state index in [-0.39, 0.29) is 11.7 Å². The number of aromatic hydroxyl groups is 1. The number of methoxy groups -OCH3 is 1. The number of thioether (sulfide) groups is 1. The van der Waals surface area contributed by atoms with Gasteiger partial charge >= 0.3 is 6.18 Å². The molecule has 1 atom stereocenters. The molecule has 0 fully saturated rings. The summed E-state index contributed by atoms with van der Waals surface area (Å²) in [6.45, 7) is 2.81. The molecule has 0 heterocycles. The number of aryl methyl sites for hydroxylation is 1. The largest absolute Gasteiger partial charge is 0.508 e. The first-order valence-electron chi connectivity index (χ1n) is 8.51. The highest BCUT2D eigenvalue weighted by atomic mass is 32.2. The minimum Gasteiger partial charge on any atom is -0.508 e. The smallest absolute Gasteiger partial charge is 0.416 e. The van der Waals surface area contributed by atoms with E-state index in [4.69, 9.17) is 9.47 Å². The molecule has 0 radical (unpaired) electrons. The number of ether oxygens (including phenoxy) is 2. The van der Waals surface area contributed by atoms with Crippen LogP contribution in [0.5, 0.6) is 11.5 Å². The Bertz CT molecular complexity index is 717. The van der Waals surface area contributed by atoms with Gasteiger partial charge in [0, 0.05) is 30.3 Å². The van der Waals surface area contributed by atoms with Gasteiger partial charge in [0.1, 0.15) is 11.5 Å². The van der Waals surface area contributed by atoms with Crippen molar-refractivity contribution in [1.29, 1.82) is 0 Å². The van der Waals surface area contributed by atoms with Crippen LogP contribution in [0.1, 0.15) is 17.5 Å². The number of rotatable bonds is 9. The Morgan fingerprint density at radius 3 is 2.41 bits per heavy atom. The van der Waals surface area contributed by atoms with Crippen LogP contribution in [-0.4, -0.2) is 31.2 Å². The number of phenolic OH excluding ortho intramolecular Hbond substituents is 1. The van der Waals surface area contributed by atoms with E-state index in [1.807, 2.05) is 19.1 Å². The zero-order valence-electron chi connectivity index (χ0n) is 15.3. The van der Waals surface area contributed by atoms with Crippen LogP contribution in [0.15, 0.2) is 47.4 Å². The number of halogens is 3. The fourth-order valence-electron chi connectivity index (χ4n) is 2.39. The fraction of sp³-hybridized carbons (Fsp3) is 0.400. The van der Waals surface area contributed by atoms with Crippen LogP contribution in [-0.2, 0) is 10.9 Å². The molecular weight excluding hydrogens is 377 g/mol. The molecule has 3 nitrogen and oxygen atoms in total. The molecule has 2 rings (SSSR count). The quantitative estimate of drug-likeness (QED) is 0.561. The minimum absolute atomic E-state index is 0.173. The molecule has 0 bridgehead atoms. The molecule has 27 heavy (non-hydrogen) atoms. The SMILES string of the molecule is COCCC(COc1ccc(C(F)(F)F)cc1)CSc1ccc(O)c(C)c1. The van der Waals surface area contributed by atoms with Crippen molar-refractivity contribution < 1.29 is 27.8 Å². The predicted molar refractivity (Wildman–Crippen MR) is 100 cm³/mol. The van der Waals surface area contributed by atoms with Crippen LogP contribution in [0.3, 0.4) is 0 Å². The Labute approximate surface area is 161 Å². The monoisotopic (exact) mass is 400 g/mol. The van der Waals surface area contributed by atoms with Gasteiger partial charge in [-0.3, -0.25) is 0 Å². The van der Waals surface area contributed by atoms with E-state index in [1.165, 1.54) is 12.1 Å². The molecule has 0 aliphatic heterocycles. The molecule has 148 valence electrons. The molecule has 2 aromatic rings. The summed E-state index contributed by atoms with van der Waals surface area (Å²) in [4.78, 5) is 1.04. The molecule has 1 N–H and O–H groups in total. The highest BCUT2D eigenvalue weighted by molar-refractivity contribution is 7.99. The second kappa shape index (κ2) is 9.90. The van der Waals surface area contributed by atoms with Gasteiger partial charge < -0.3 is 14.6 Å². The number of hydrogen-bond donors (Lipinski definition) is 1. The molecule has 0 aliphatic carbocycles. The first-order valence-corrected chi connectivity index (χ1v) is 9.49. The van der Waals surface area contributed by atoms with Crippen LogP contribution in [0.25, 0.3) is 0 Å². The Hall–Kier alpha value is -1.86. The highest BCUT2D eigenvalue weighted by Gasteiger charge is 2.30. The van der Waals surface area contributed by atoms with Crippen LogP contribution in [0.2, 0.25) is 0 Å². The van der Waals surface area contributed by atoms with Crippen molar-refractivity contribution in [2.75, 3.05) is 26.1 Å². The summed E-state index contributed by atoms with van der Waals surface area (Å²) in [5.41, 5.74) is 0.124. The fourth-order valence-corrected chi connectivity index (χ4v) is 3.50. The van der Waals surface area contributed by atoms with E-state index >= 15 is 0 Å². The topological polar surface area (TPSA) is 38.7 Å². The summed E-state index contributed by atoms with van der Waals surface area (Å²) >= 11 is 1.65. The van der Waals surface area contributed by atoms with Crippen molar-refractivity contribution in [3.63, 3.8) is 0 Å². The summed E-state index contributed by atoms with van der Waals surface area (Å²) in [7, 11) is 1.63. The molecule has 1 unspecified atom stereocenters. The molecule has 0 spiro atoms. The second-order valence-corrected chi connectivity index (χ2v) is 7.33. The van der Waals surface area contributed by atoms with Crippen molar-refractivity contribution in [1.82, 2.24) is 0 Å². The number of hydrogen-bond acceptors (Lipinski definition) is 4. The lowest BCUT2D eigenvalue weighted by Gasteiger charge is -2.18. The summed E-state index contributed by atoms with van der Waals surface area (Å²) in [5.74, 6) is 1.62. The Kier molecular flexibility index (Phi) is 7.86. The lowest BCUT2D eigenvalue weighted by Crippen LogP contribution is -2.17. The number of alkyl halides is 3. The predicted octanol–water partition coefficient (Wildman–Crippen LogP) is 5.54. The molecular formula is C20H23F3O3S. The van der Waals surface area contributed by atoms with E-state index in [9.17, 15) is 18.3 Å². The zero-order valence-corrected chi connectivity index (χ0v) is 16.1. The normalized spacial score (nSPS) is 12.8. The van der Waals surface area contributed by atoms with E-state index in [0.29, 0.717) is 19.0 Å². The van der Waals surface area contributed by atoms with Crippen molar-refractivity contribution >= 4 is 11.8 Å². The van der Waals surface area contributed by atoms with Crippen molar-refractivity contribution in [3.05, 3.63) is 53.6 Å². The van der Waals surface area contributed by atoms with Crippen molar-refractivity contribution in [3.8, 4) is 11.5 Å². The van der Waals surface area contributed by atoms with Crippen LogP contribution in [0, 0.1) is 12.8 Å². The number of phenols is 1. The van der Waals surface area contributed by atoms with Gasteiger partial charge in [0.2, 0.25) is 0 Å². The molecule has 0 saturated heterocycles. The van der Waals surface area contributed by atoms with Crippen LogP contribution in [0.4, 0.5) is 13.2 Å². The lowest BCUT2D eigenvalue weighted by molar-refractivity contribution is -0.137. The Morgan fingerprint density at radius 2 is 1.81 bits per heavy atom. The van der Waals surface area contributed by atoms with Crippen LogP contribution < -0.4 is 4.74 Å². The molecule has 7 heteroatoms. The van der Waals surface area contributed by atoms with Gasteiger partial charge in [-0.05, 0) is 61.4 Å². The van der Waals surface area contributed by atoms with E-state index in [1.54, 1.807) is 24.9 Å². The van der Waals surface area contributed by atoms with E-state index in [2.05, 4.69) is 0 Å². The lowest BCUT2D eigenvalue weighted by atomic mass is 10.1. The third-order valence-corrected chi connectivity index (χ3v) is 5.28. The summed E-state index contributed by atoms with van der Waals surface area (Å²) in [6.07, 6.45) is -3.57. The van der Waals surface area contributed by atoms with Gasteiger partial charge in [-0.15, -0.1) is 11.8 Å². The van der Waals surface area contributed by atoms with Gasteiger partial charge in [-0.2, -0.15) is 13.2 Å². The molecule has 0 amide bonds. The Morgan fingerprint density at radius 1 is 1.11 bits per heavy atom. The molecule has 0 aliphatic rings. The summed E-state index contributed by atoms with van der Waals surface area (Å²) < 4.78 is 48.7. The maximum atomic E-state index is 12.6. The van der Waals surface area contributed by atoms with E-state index in [0.717, 1.165) is 34.8 Å². The van der Waals surface area contributed by atoms with Gasteiger partial charge in [-0.25, -0.2) is 0 Å². The maximum absolute atomic E-state index is 12.6. The summed E-state index contributed by atoms with van der Waals surface area (Å²) in [6, 6.07) is 10.2. The minimum atomic E-state index is -4.35. The first kappa shape index (κ1) is 21.4.